The summed E-state index contributed by atoms with van der Waals surface area (Å²) in [5.41, 5.74) is 3.18. The van der Waals surface area contributed by atoms with Crippen LogP contribution in [0.15, 0.2) is 39.4 Å². The average molecular weight is 420 g/mol. The third-order valence-corrected chi connectivity index (χ3v) is 3.67. The van der Waals surface area contributed by atoms with Crippen LogP contribution in [0, 0.1) is 0 Å². The third kappa shape index (κ3) is 3.49. The molecule has 0 aliphatic rings. The van der Waals surface area contributed by atoms with Gasteiger partial charge in [0.25, 0.3) is 5.91 Å². The first-order valence-electron chi connectivity index (χ1n) is 5.40. The number of nitrogen functional groups attached to an aromatic ring is 1. The molecule has 0 saturated heterocycles. The maximum Gasteiger partial charge on any atom is 0.259 e. The quantitative estimate of drug-likeness (QED) is 0.521. The van der Waals surface area contributed by atoms with Gasteiger partial charge >= 0.3 is 0 Å². The lowest BCUT2D eigenvalue weighted by Crippen LogP contribution is -2.18. The number of nitrogens with one attached hydrogen (secondary N) is 2. The Bertz CT molecular complexity index is 666. The van der Waals surface area contributed by atoms with Gasteiger partial charge in [-0.25, -0.2) is 10.8 Å². The number of hydrogen-bond donors (Lipinski definition) is 3. The maximum atomic E-state index is 12.3. The maximum absolute atomic E-state index is 12.3. The van der Waals surface area contributed by atoms with Crippen LogP contribution in [0.2, 0.25) is 5.02 Å². The summed E-state index contributed by atoms with van der Waals surface area (Å²) < 4.78 is 1.48. The molecule has 20 heavy (non-hydrogen) atoms. The number of nitrogens with two attached hydrogens (primary N) is 1. The third-order valence-electron chi connectivity index (χ3n) is 2.41. The Morgan fingerprint density at radius 2 is 2.00 bits per heavy atom. The van der Waals surface area contributed by atoms with Gasteiger partial charge in [-0.3, -0.25) is 4.79 Å². The molecule has 5 nitrogen and oxygen atoms in total. The molecule has 1 heterocycles. The first-order valence-corrected chi connectivity index (χ1v) is 7.36. The molecule has 0 radical (unpaired) electrons. The van der Waals surface area contributed by atoms with Crippen molar-refractivity contribution in [2.45, 2.75) is 0 Å². The van der Waals surface area contributed by atoms with Crippen LogP contribution in [-0.2, 0) is 0 Å². The number of halogens is 3. The van der Waals surface area contributed by atoms with Gasteiger partial charge in [0, 0.05) is 15.1 Å². The summed E-state index contributed by atoms with van der Waals surface area (Å²) in [6.07, 6.45) is 1.54. The molecular weight excluding hydrogens is 411 g/mol. The number of hydrogen-bond acceptors (Lipinski definition) is 4. The molecule has 1 aromatic carbocycles. The van der Waals surface area contributed by atoms with E-state index < -0.39 is 0 Å². The summed E-state index contributed by atoms with van der Waals surface area (Å²) in [6, 6.07) is 6.79. The number of aromatic nitrogens is 1. The normalized spacial score (nSPS) is 10.2. The number of anilines is 2. The van der Waals surface area contributed by atoms with Crippen LogP contribution >= 0.6 is 43.5 Å². The summed E-state index contributed by atoms with van der Waals surface area (Å²) in [4.78, 5) is 16.3. The molecule has 0 aliphatic heterocycles. The van der Waals surface area contributed by atoms with Gasteiger partial charge in [0.1, 0.15) is 0 Å². The van der Waals surface area contributed by atoms with Crippen LogP contribution < -0.4 is 16.6 Å². The van der Waals surface area contributed by atoms with Crippen molar-refractivity contribution >= 4 is 60.9 Å². The number of rotatable bonds is 3. The Balaban J connectivity index is 2.32. The Morgan fingerprint density at radius 1 is 1.25 bits per heavy atom. The molecule has 0 bridgehead atoms. The standard InChI is InChI=1S/C12H9Br2ClN4O/c13-6-1-2-9(15)10(4-6)18-12(20)8-3-7(14)5-17-11(8)19-16/h1-5H,16H2,(H,17,19)(H,18,20). The van der Waals surface area contributed by atoms with Gasteiger partial charge in [-0.1, -0.05) is 27.5 Å². The highest BCUT2D eigenvalue weighted by molar-refractivity contribution is 9.10. The zero-order chi connectivity index (χ0) is 14.7. The molecule has 0 saturated carbocycles. The Kier molecular flexibility index (Phi) is 4.98. The molecule has 104 valence electrons. The van der Waals surface area contributed by atoms with Crippen molar-refractivity contribution in [2.24, 2.45) is 5.84 Å². The zero-order valence-corrected chi connectivity index (χ0v) is 13.9. The van der Waals surface area contributed by atoms with E-state index in [0.717, 1.165) is 4.47 Å². The number of hydrazine groups is 1. The first kappa shape index (κ1) is 15.2. The second-order valence-electron chi connectivity index (χ2n) is 3.77. The lowest BCUT2D eigenvalue weighted by molar-refractivity contribution is 0.102. The van der Waals surface area contributed by atoms with Crippen LogP contribution in [0.3, 0.4) is 0 Å². The van der Waals surface area contributed by atoms with Crippen molar-refractivity contribution < 1.29 is 4.79 Å². The van der Waals surface area contributed by atoms with E-state index in [1.807, 2.05) is 0 Å². The van der Waals surface area contributed by atoms with Gasteiger partial charge in [-0.15, -0.1) is 0 Å². The predicted molar refractivity (Wildman–Crippen MR) is 86.9 cm³/mol. The minimum absolute atomic E-state index is 0.275. The van der Waals surface area contributed by atoms with Crippen LogP contribution in [0.5, 0.6) is 0 Å². The molecule has 0 spiro atoms. The molecule has 8 heteroatoms. The van der Waals surface area contributed by atoms with Gasteiger partial charge in [-0.05, 0) is 40.2 Å². The largest absolute Gasteiger partial charge is 0.320 e. The number of carbonyl (C=O) groups is 1. The number of benzene rings is 1. The summed E-state index contributed by atoms with van der Waals surface area (Å²) in [7, 11) is 0. The lowest BCUT2D eigenvalue weighted by atomic mass is 10.2. The topological polar surface area (TPSA) is 80.0 Å². The summed E-state index contributed by atoms with van der Waals surface area (Å²) in [5.74, 6) is 5.25. The van der Waals surface area contributed by atoms with Crippen LogP contribution in [-0.4, -0.2) is 10.9 Å². The van der Waals surface area contributed by atoms with Crippen molar-refractivity contribution in [2.75, 3.05) is 10.7 Å². The van der Waals surface area contributed by atoms with Crippen molar-refractivity contribution in [3.05, 3.63) is 50.0 Å². The van der Waals surface area contributed by atoms with Gasteiger partial charge < -0.3 is 10.7 Å². The molecule has 0 fully saturated rings. The Hall–Kier alpha value is -1.15. The predicted octanol–water partition coefficient (Wildman–Crippen LogP) is 3.80. The van der Waals surface area contributed by atoms with Crippen LogP contribution in [0.25, 0.3) is 0 Å². The van der Waals surface area contributed by atoms with Gasteiger partial charge in [0.05, 0.1) is 16.3 Å². The van der Waals surface area contributed by atoms with Crippen molar-refractivity contribution in [3.8, 4) is 0 Å². The minimum Gasteiger partial charge on any atom is -0.320 e. The summed E-state index contributed by atoms with van der Waals surface area (Å²) in [6.45, 7) is 0. The molecule has 0 aliphatic carbocycles. The fourth-order valence-corrected chi connectivity index (χ4v) is 2.37. The average Bonchev–Trinajstić information content (AvgIpc) is 2.42. The monoisotopic (exact) mass is 418 g/mol. The molecule has 0 unspecified atom stereocenters. The number of pyridine rings is 1. The smallest absolute Gasteiger partial charge is 0.259 e. The number of amides is 1. The fraction of sp³-hybridized carbons (Fsp3) is 0. The molecule has 2 rings (SSSR count). The molecule has 1 amide bonds. The van der Waals surface area contributed by atoms with Crippen molar-refractivity contribution in [1.82, 2.24) is 4.98 Å². The summed E-state index contributed by atoms with van der Waals surface area (Å²) >= 11 is 12.6. The van der Waals surface area contributed by atoms with Crippen LogP contribution in [0.1, 0.15) is 10.4 Å². The second kappa shape index (κ2) is 6.53. The van der Waals surface area contributed by atoms with Crippen LogP contribution in [0.4, 0.5) is 11.5 Å². The van der Waals surface area contributed by atoms with Gasteiger partial charge in [0.15, 0.2) is 5.82 Å². The SMILES string of the molecule is NNc1ncc(Br)cc1C(=O)Nc1cc(Br)ccc1Cl. The fourth-order valence-electron chi connectivity index (χ4n) is 1.51. The van der Waals surface area contributed by atoms with E-state index in [1.54, 1.807) is 24.3 Å². The second-order valence-corrected chi connectivity index (χ2v) is 6.01. The number of carbonyl (C=O) groups excluding carboxylic acids is 1. The highest BCUT2D eigenvalue weighted by Gasteiger charge is 2.14. The summed E-state index contributed by atoms with van der Waals surface area (Å²) in [5, 5.41) is 3.15. The minimum atomic E-state index is -0.369. The highest BCUT2D eigenvalue weighted by Crippen LogP contribution is 2.27. The van der Waals surface area contributed by atoms with E-state index in [0.29, 0.717) is 20.7 Å². The van der Waals surface area contributed by atoms with Crippen molar-refractivity contribution in [1.29, 1.82) is 0 Å². The van der Waals surface area contributed by atoms with Crippen molar-refractivity contribution in [3.63, 3.8) is 0 Å². The molecule has 0 atom stereocenters. The molecule has 1 aromatic heterocycles. The van der Waals surface area contributed by atoms with Gasteiger partial charge in [-0.2, -0.15) is 0 Å². The molecular formula is C12H9Br2ClN4O. The molecule has 4 N–H and O–H groups in total. The Morgan fingerprint density at radius 3 is 2.70 bits per heavy atom. The van der Waals surface area contributed by atoms with E-state index in [4.69, 9.17) is 17.4 Å². The lowest BCUT2D eigenvalue weighted by Gasteiger charge is -2.10. The van der Waals surface area contributed by atoms with E-state index >= 15 is 0 Å². The zero-order valence-electron chi connectivity index (χ0n) is 9.95. The Labute approximate surface area is 137 Å². The van der Waals surface area contributed by atoms with E-state index in [1.165, 1.54) is 6.20 Å². The highest BCUT2D eigenvalue weighted by atomic mass is 79.9. The molecule has 2 aromatic rings. The van der Waals surface area contributed by atoms with E-state index in [2.05, 4.69) is 47.6 Å². The number of nitrogens with zero attached hydrogens (tertiary/aromatic N) is 1. The first-order chi connectivity index (χ1) is 9.51. The van der Waals surface area contributed by atoms with E-state index in [-0.39, 0.29) is 11.7 Å². The van der Waals surface area contributed by atoms with E-state index in [9.17, 15) is 4.79 Å². The van der Waals surface area contributed by atoms with Gasteiger partial charge in [0.2, 0.25) is 0 Å².